The number of aryl methyl sites for hydroxylation is 2. The number of nitrogens with zero attached hydrogens (tertiary/aromatic N) is 2. The van der Waals surface area contributed by atoms with Crippen LogP contribution in [0.2, 0.25) is 0 Å². The minimum Gasteiger partial charge on any atom is -0.468 e. The zero-order valence-corrected chi connectivity index (χ0v) is 10.3. The smallest absolute Gasteiger partial charge is 0.117 e. The van der Waals surface area contributed by atoms with E-state index in [1.54, 1.807) is 18.0 Å². The third kappa shape index (κ3) is 2.09. The Balaban J connectivity index is 2.12. The summed E-state index contributed by atoms with van der Waals surface area (Å²) in [7, 11) is 1.92. The lowest BCUT2D eigenvalue weighted by atomic mass is 10.3. The van der Waals surface area contributed by atoms with Gasteiger partial charge in [0.1, 0.15) is 10.8 Å². The first-order chi connectivity index (χ1) is 7.72. The van der Waals surface area contributed by atoms with Gasteiger partial charge in [0.15, 0.2) is 0 Å². The number of furan rings is 1. The molecule has 4 nitrogen and oxygen atoms in total. The lowest BCUT2D eigenvalue weighted by molar-refractivity contribution is 0.530. The summed E-state index contributed by atoms with van der Waals surface area (Å²) in [5.41, 5.74) is 7.77. The van der Waals surface area contributed by atoms with Crippen molar-refractivity contribution in [3.63, 3.8) is 0 Å². The molecular weight excluding hydrogens is 222 g/mol. The van der Waals surface area contributed by atoms with Crippen molar-refractivity contribution in [2.24, 2.45) is 7.05 Å². The van der Waals surface area contributed by atoms with E-state index in [4.69, 9.17) is 10.2 Å². The molecule has 0 aliphatic carbocycles. The van der Waals surface area contributed by atoms with E-state index in [0.717, 1.165) is 34.3 Å². The first kappa shape index (κ1) is 11.1. The normalized spacial score (nSPS) is 10.9. The van der Waals surface area contributed by atoms with Gasteiger partial charge in [-0.2, -0.15) is 5.10 Å². The van der Waals surface area contributed by atoms with Crippen LogP contribution in [0.25, 0.3) is 0 Å². The second-order valence-electron chi connectivity index (χ2n) is 3.51. The molecule has 2 N–H and O–H groups in total. The highest BCUT2D eigenvalue weighted by Gasteiger charge is 2.12. The summed E-state index contributed by atoms with van der Waals surface area (Å²) in [6.07, 6.45) is 2.54. The maximum atomic E-state index is 6.02. The van der Waals surface area contributed by atoms with Crippen LogP contribution in [0.4, 0.5) is 5.69 Å². The molecule has 0 aliphatic rings. The highest BCUT2D eigenvalue weighted by atomic mass is 32.2. The largest absolute Gasteiger partial charge is 0.468 e. The van der Waals surface area contributed by atoms with Crippen LogP contribution in [0.3, 0.4) is 0 Å². The molecule has 0 spiro atoms. The second-order valence-corrected chi connectivity index (χ2v) is 4.47. The number of anilines is 1. The lowest BCUT2D eigenvalue weighted by Gasteiger charge is -2.01. The molecular formula is C11H15N3OS. The average molecular weight is 237 g/mol. The number of hydrogen-bond acceptors (Lipinski definition) is 4. The van der Waals surface area contributed by atoms with Gasteiger partial charge in [-0.1, -0.05) is 18.7 Å². The SMILES string of the molecule is CCc1nn(C)c(SCc2ccco2)c1N. The van der Waals surface area contributed by atoms with Crippen LogP contribution in [0.1, 0.15) is 18.4 Å². The third-order valence-electron chi connectivity index (χ3n) is 2.37. The Labute approximate surface area is 98.8 Å². The van der Waals surface area contributed by atoms with Crippen LogP contribution >= 0.6 is 11.8 Å². The zero-order chi connectivity index (χ0) is 11.5. The summed E-state index contributed by atoms with van der Waals surface area (Å²) in [5, 5.41) is 5.38. The van der Waals surface area contributed by atoms with Crippen molar-refractivity contribution < 1.29 is 4.42 Å². The van der Waals surface area contributed by atoms with Gasteiger partial charge in [-0.05, 0) is 18.6 Å². The van der Waals surface area contributed by atoms with Crippen LogP contribution in [0.15, 0.2) is 27.8 Å². The number of hydrogen-bond donors (Lipinski definition) is 1. The number of thioether (sulfide) groups is 1. The molecule has 2 heterocycles. The minimum absolute atomic E-state index is 0.778. The molecule has 0 fully saturated rings. The second kappa shape index (κ2) is 4.65. The molecule has 2 aromatic rings. The maximum Gasteiger partial charge on any atom is 0.117 e. The quantitative estimate of drug-likeness (QED) is 0.830. The topological polar surface area (TPSA) is 57.0 Å². The summed E-state index contributed by atoms with van der Waals surface area (Å²) in [5.74, 6) is 1.73. The molecule has 0 saturated carbocycles. The molecule has 0 saturated heterocycles. The Hall–Kier alpha value is -1.36. The van der Waals surface area contributed by atoms with E-state index in [0.29, 0.717) is 0 Å². The monoisotopic (exact) mass is 237 g/mol. The minimum atomic E-state index is 0.778. The van der Waals surface area contributed by atoms with E-state index in [2.05, 4.69) is 12.0 Å². The van der Waals surface area contributed by atoms with Gasteiger partial charge in [0.25, 0.3) is 0 Å². The fourth-order valence-corrected chi connectivity index (χ4v) is 2.49. The van der Waals surface area contributed by atoms with Gasteiger partial charge < -0.3 is 10.2 Å². The van der Waals surface area contributed by atoms with Crippen LogP contribution in [0, 0.1) is 0 Å². The molecule has 0 aromatic carbocycles. The molecule has 2 rings (SSSR count). The fraction of sp³-hybridized carbons (Fsp3) is 0.364. The van der Waals surface area contributed by atoms with Crippen LogP contribution in [0.5, 0.6) is 0 Å². The third-order valence-corrected chi connectivity index (χ3v) is 3.56. The van der Waals surface area contributed by atoms with Gasteiger partial charge in [0, 0.05) is 7.05 Å². The summed E-state index contributed by atoms with van der Waals surface area (Å²) in [4.78, 5) is 0. The van der Waals surface area contributed by atoms with Crippen LogP contribution in [-0.2, 0) is 19.2 Å². The molecule has 0 amide bonds. The van der Waals surface area contributed by atoms with Gasteiger partial charge in [0.05, 0.1) is 23.4 Å². The Morgan fingerprint density at radius 1 is 1.56 bits per heavy atom. The molecule has 5 heteroatoms. The van der Waals surface area contributed by atoms with Gasteiger partial charge >= 0.3 is 0 Å². The van der Waals surface area contributed by atoms with Gasteiger partial charge in [-0.15, -0.1) is 0 Å². The van der Waals surface area contributed by atoms with E-state index >= 15 is 0 Å². The molecule has 0 atom stereocenters. The van der Waals surface area contributed by atoms with Crippen molar-refractivity contribution >= 4 is 17.4 Å². The van der Waals surface area contributed by atoms with E-state index in [-0.39, 0.29) is 0 Å². The molecule has 16 heavy (non-hydrogen) atoms. The van der Waals surface area contributed by atoms with Gasteiger partial charge in [-0.3, -0.25) is 4.68 Å². The van der Waals surface area contributed by atoms with Crippen molar-refractivity contribution in [3.8, 4) is 0 Å². The van der Waals surface area contributed by atoms with Crippen molar-refractivity contribution in [1.82, 2.24) is 9.78 Å². The molecule has 0 bridgehead atoms. The van der Waals surface area contributed by atoms with E-state index < -0.39 is 0 Å². The van der Waals surface area contributed by atoms with Gasteiger partial charge in [0.2, 0.25) is 0 Å². The molecule has 2 aromatic heterocycles. The fourth-order valence-electron chi connectivity index (χ4n) is 1.54. The Morgan fingerprint density at radius 2 is 2.38 bits per heavy atom. The van der Waals surface area contributed by atoms with E-state index in [1.807, 2.05) is 23.9 Å². The van der Waals surface area contributed by atoms with E-state index in [1.165, 1.54) is 0 Å². The summed E-state index contributed by atoms with van der Waals surface area (Å²) in [6, 6.07) is 3.85. The standard InChI is InChI=1S/C11H15N3OS/c1-3-9-10(12)11(14(2)13-9)16-7-8-5-4-6-15-8/h4-6H,3,7,12H2,1-2H3. The summed E-state index contributed by atoms with van der Waals surface area (Å²) < 4.78 is 7.11. The zero-order valence-electron chi connectivity index (χ0n) is 9.43. The highest BCUT2D eigenvalue weighted by molar-refractivity contribution is 7.98. The predicted molar refractivity (Wildman–Crippen MR) is 65.3 cm³/mol. The Bertz CT molecular complexity index is 462. The molecule has 0 radical (unpaired) electrons. The summed E-state index contributed by atoms with van der Waals surface area (Å²) >= 11 is 1.65. The van der Waals surface area contributed by atoms with Crippen molar-refractivity contribution in [3.05, 3.63) is 29.9 Å². The van der Waals surface area contributed by atoms with Gasteiger partial charge in [-0.25, -0.2) is 0 Å². The average Bonchev–Trinajstić information content (AvgIpc) is 2.86. The molecule has 0 aliphatic heterocycles. The first-order valence-corrected chi connectivity index (χ1v) is 6.17. The highest BCUT2D eigenvalue weighted by Crippen LogP contribution is 2.30. The molecule has 0 unspecified atom stereocenters. The predicted octanol–water partition coefficient (Wildman–Crippen LogP) is 2.45. The first-order valence-electron chi connectivity index (χ1n) is 5.19. The Kier molecular flexibility index (Phi) is 3.24. The van der Waals surface area contributed by atoms with Crippen molar-refractivity contribution in [2.45, 2.75) is 24.1 Å². The molecule has 86 valence electrons. The number of nitrogen functional groups attached to an aromatic ring is 1. The number of aromatic nitrogens is 2. The van der Waals surface area contributed by atoms with Crippen LogP contribution < -0.4 is 5.73 Å². The summed E-state index contributed by atoms with van der Waals surface area (Å²) in [6.45, 7) is 2.06. The lowest BCUT2D eigenvalue weighted by Crippen LogP contribution is -1.94. The maximum absolute atomic E-state index is 6.02. The number of rotatable bonds is 4. The van der Waals surface area contributed by atoms with Crippen LogP contribution in [-0.4, -0.2) is 9.78 Å². The van der Waals surface area contributed by atoms with Crippen molar-refractivity contribution in [1.29, 1.82) is 0 Å². The van der Waals surface area contributed by atoms with Crippen molar-refractivity contribution in [2.75, 3.05) is 5.73 Å². The Morgan fingerprint density at radius 3 is 2.94 bits per heavy atom. The number of nitrogens with two attached hydrogens (primary N) is 1. The van der Waals surface area contributed by atoms with E-state index in [9.17, 15) is 0 Å².